The van der Waals surface area contributed by atoms with E-state index in [4.69, 9.17) is 4.74 Å². The molecule has 0 aliphatic carbocycles. The van der Waals surface area contributed by atoms with E-state index in [-0.39, 0.29) is 61.8 Å². The van der Waals surface area contributed by atoms with Gasteiger partial charge >= 0.3 is 0 Å². The number of hydrogen-bond donors (Lipinski definition) is 4. The average molecular weight is 921 g/mol. The van der Waals surface area contributed by atoms with Crippen molar-refractivity contribution in [1.29, 1.82) is 0 Å². The lowest BCUT2D eigenvalue weighted by Gasteiger charge is -2.43. The maximum absolute atomic E-state index is 16.3. The number of halogens is 3. The number of β-amino-alcohol motifs (C(OH)–C–C–N with tert-alkyl or cyclic N) is 1. The quantitative estimate of drug-likeness (QED) is 0.0860. The SMILES string of the molecule is Cc1ncsc1-c1ccc(CNC(=O)[C@@H]2C[C@@H](O)CN2C(=O)C(NCc2ccc(COc3cc(F)c([C@@H]4c5[nH]c6ccccc6c5C[C@@H](C)N4CC(C)(C)F)c(F)c3)cc2)C(C)(C)C)cc1. The second-order valence-electron chi connectivity index (χ2n) is 19.6. The molecule has 8 rings (SSSR count). The van der Waals surface area contributed by atoms with E-state index in [9.17, 15) is 14.7 Å². The molecular weight excluding hydrogens is 862 g/mol. The van der Waals surface area contributed by atoms with Crippen LogP contribution in [0.1, 0.15) is 93.2 Å². The van der Waals surface area contributed by atoms with Crippen LogP contribution < -0.4 is 15.4 Å². The number of carbonyl (C=O) groups is 2. The third-order valence-corrected chi connectivity index (χ3v) is 13.7. The van der Waals surface area contributed by atoms with Gasteiger partial charge in [0.25, 0.3) is 0 Å². The number of thiazole rings is 1. The lowest BCUT2D eigenvalue weighted by atomic mass is 9.85. The van der Waals surface area contributed by atoms with Gasteiger partial charge in [-0.1, -0.05) is 87.5 Å². The van der Waals surface area contributed by atoms with Crippen LogP contribution in [0.25, 0.3) is 21.3 Å². The minimum atomic E-state index is -1.61. The summed E-state index contributed by atoms with van der Waals surface area (Å²) >= 11 is 1.58. The zero-order chi connectivity index (χ0) is 47.1. The molecule has 4 aromatic carbocycles. The smallest absolute Gasteiger partial charge is 0.243 e. The van der Waals surface area contributed by atoms with Crippen LogP contribution in [0.15, 0.2) is 90.4 Å². The molecule has 0 spiro atoms. The number of aromatic nitrogens is 2. The number of hydrogen-bond acceptors (Lipinski definition) is 8. The number of aromatic amines is 1. The van der Waals surface area contributed by atoms with Gasteiger partial charge in [-0.2, -0.15) is 0 Å². The Morgan fingerprint density at radius 2 is 1.61 bits per heavy atom. The third-order valence-electron chi connectivity index (χ3n) is 12.7. The molecule has 66 heavy (non-hydrogen) atoms. The molecule has 10 nitrogen and oxygen atoms in total. The molecule has 0 radical (unpaired) electrons. The van der Waals surface area contributed by atoms with E-state index in [2.05, 4.69) is 20.6 Å². The monoisotopic (exact) mass is 920 g/mol. The van der Waals surface area contributed by atoms with Gasteiger partial charge in [-0.25, -0.2) is 18.2 Å². The van der Waals surface area contributed by atoms with Crippen LogP contribution in [0.4, 0.5) is 13.2 Å². The Morgan fingerprint density at radius 1 is 0.955 bits per heavy atom. The van der Waals surface area contributed by atoms with Crippen LogP contribution >= 0.6 is 11.3 Å². The number of fused-ring (bicyclic) bond motifs is 3. The molecule has 6 aromatic rings. The Balaban J connectivity index is 0.897. The van der Waals surface area contributed by atoms with Gasteiger partial charge in [-0.05, 0) is 73.4 Å². The van der Waals surface area contributed by atoms with E-state index >= 15 is 13.2 Å². The highest BCUT2D eigenvalue weighted by molar-refractivity contribution is 7.13. The molecule has 1 fully saturated rings. The Morgan fingerprint density at radius 3 is 2.26 bits per heavy atom. The zero-order valence-electron chi connectivity index (χ0n) is 38.6. The van der Waals surface area contributed by atoms with Crippen molar-refractivity contribution < 1.29 is 32.6 Å². The second-order valence-corrected chi connectivity index (χ2v) is 20.4. The van der Waals surface area contributed by atoms with Crippen LogP contribution in [0.3, 0.4) is 0 Å². The number of nitrogens with zero attached hydrogens (tertiary/aromatic N) is 3. The summed E-state index contributed by atoms with van der Waals surface area (Å²) in [5.41, 5.74) is 6.61. The van der Waals surface area contributed by atoms with Crippen molar-refractivity contribution in [2.45, 2.75) is 117 Å². The van der Waals surface area contributed by atoms with Gasteiger partial charge < -0.3 is 30.4 Å². The molecule has 4 N–H and O–H groups in total. The van der Waals surface area contributed by atoms with Crippen molar-refractivity contribution >= 4 is 34.1 Å². The number of likely N-dealkylation sites (tertiary alicyclic amines) is 1. The molecule has 5 atom stereocenters. The van der Waals surface area contributed by atoms with Gasteiger partial charge in [0.1, 0.15) is 35.7 Å². The fraction of sp³-hybridized carbons (Fsp3) is 0.404. The largest absolute Gasteiger partial charge is 0.489 e. The number of rotatable bonds is 14. The van der Waals surface area contributed by atoms with Gasteiger partial charge in [0.2, 0.25) is 11.8 Å². The third kappa shape index (κ3) is 10.2. The van der Waals surface area contributed by atoms with Crippen molar-refractivity contribution in [2.75, 3.05) is 13.1 Å². The normalized spacial score (nSPS) is 19.5. The summed E-state index contributed by atoms with van der Waals surface area (Å²) in [7, 11) is 0. The number of aliphatic hydroxyl groups is 1. The Kier molecular flexibility index (Phi) is 13.5. The highest BCUT2D eigenvalue weighted by atomic mass is 32.1. The van der Waals surface area contributed by atoms with Crippen molar-refractivity contribution in [3.8, 4) is 16.2 Å². The van der Waals surface area contributed by atoms with E-state index < -0.39 is 46.9 Å². The van der Waals surface area contributed by atoms with Crippen LogP contribution in [0.2, 0.25) is 0 Å². The van der Waals surface area contributed by atoms with Gasteiger partial charge in [-0.3, -0.25) is 14.5 Å². The maximum atomic E-state index is 16.3. The number of amides is 2. The minimum absolute atomic E-state index is 0.0164. The summed E-state index contributed by atoms with van der Waals surface area (Å²) in [4.78, 5) is 39.9. The number of carbonyl (C=O) groups excluding carboxylic acids is 2. The van der Waals surface area contributed by atoms with Crippen LogP contribution in [0, 0.1) is 24.0 Å². The van der Waals surface area contributed by atoms with Crippen molar-refractivity contribution in [3.63, 3.8) is 0 Å². The first-order chi connectivity index (χ1) is 31.3. The molecule has 2 amide bonds. The summed E-state index contributed by atoms with van der Waals surface area (Å²) in [6, 6.07) is 23.0. The number of H-pyrrole nitrogens is 1. The average Bonchev–Trinajstić information content (AvgIpc) is 3.98. The van der Waals surface area contributed by atoms with Crippen LogP contribution in [0.5, 0.6) is 5.75 Å². The Labute approximate surface area is 388 Å². The van der Waals surface area contributed by atoms with Crippen molar-refractivity contribution in [2.24, 2.45) is 5.41 Å². The predicted octanol–water partition coefficient (Wildman–Crippen LogP) is 9.32. The van der Waals surface area contributed by atoms with E-state index in [1.807, 2.05) is 118 Å². The standard InChI is InChI=1S/C52H59F3N6O4S/c1-30-20-39-38-10-8-9-11-42(38)59-45(39)46(61(30)28-52(6,7)55)44-40(53)22-37(23-41(44)54)65-27-34-14-12-32(13-15-34)24-56-48(51(3,4)5)50(64)60-26-36(62)21-43(60)49(63)57-25-33-16-18-35(19-17-33)47-31(2)58-29-66-47/h8-19,22-23,29-30,36,43,46,48,56,59,62H,20-21,24-28H2,1-7H3,(H,57,63)/t30-,36-,43+,46-,48?/m1/s1. The molecule has 0 saturated carbocycles. The van der Waals surface area contributed by atoms with Gasteiger partial charge in [-0.15, -0.1) is 11.3 Å². The first-order valence-corrected chi connectivity index (χ1v) is 23.5. The summed E-state index contributed by atoms with van der Waals surface area (Å²) < 4.78 is 53.7. The summed E-state index contributed by atoms with van der Waals surface area (Å²) in [6.45, 7) is 13.5. The summed E-state index contributed by atoms with van der Waals surface area (Å²) in [5.74, 6) is -2.11. The highest BCUT2D eigenvalue weighted by Crippen LogP contribution is 2.44. The number of alkyl halides is 1. The number of aryl methyl sites for hydroxylation is 1. The molecule has 1 unspecified atom stereocenters. The number of benzene rings is 4. The zero-order valence-corrected chi connectivity index (χ0v) is 39.4. The second kappa shape index (κ2) is 19.0. The van der Waals surface area contributed by atoms with Gasteiger partial charge in [0, 0.05) is 72.9 Å². The molecule has 1 saturated heterocycles. The lowest BCUT2D eigenvalue weighted by Crippen LogP contribution is -2.56. The topological polar surface area (TPSA) is 123 Å². The van der Waals surface area contributed by atoms with Crippen molar-refractivity contribution in [1.82, 2.24) is 30.4 Å². The maximum Gasteiger partial charge on any atom is 0.243 e. The fourth-order valence-corrected chi connectivity index (χ4v) is 10.3. The predicted molar refractivity (Wildman–Crippen MR) is 253 cm³/mol. The lowest BCUT2D eigenvalue weighted by molar-refractivity contribution is -0.142. The van der Waals surface area contributed by atoms with E-state index in [0.717, 1.165) is 49.3 Å². The minimum Gasteiger partial charge on any atom is -0.489 e. The molecule has 0 bridgehead atoms. The van der Waals surface area contributed by atoms with Crippen molar-refractivity contribution in [3.05, 3.63) is 141 Å². The molecule has 2 aliphatic heterocycles. The Hall–Kier alpha value is -5.54. The fourth-order valence-electron chi connectivity index (χ4n) is 9.44. The number of para-hydroxylation sites is 1. The first kappa shape index (κ1) is 47.0. The van der Waals surface area contributed by atoms with Gasteiger partial charge in [0.05, 0.1) is 34.3 Å². The Bertz CT molecular complexity index is 2670. The summed E-state index contributed by atoms with van der Waals surface area (Å²) in [6.07, 6.45) is -0.0708. The number of nitrogens with one attached hydrogen (secondary N) is 3. The van der Waals surface area contributed by atoms with E-state index in [0.29, 0.717) is 18.7 Å². The van der Waals surface area contributed by atoms with Crippen LogP contribution in [-0.4, -0.2) is 79.7 Å². The van der Waals surface area contributed by atoms with E-state index in [1.165, 1.54) is 30.9 Å². The number of ether oxygens (including phenoxy) is 1. The first-order valence-electron chi connectivity index (χ1n) is 22.6. The molecule has 4 heterocycles. The van der Waals surface area contributed by atoms with Crippen LogP contribution in [-0.2, 0) is 35.7 Å². The summed E-state index contributed by atoms with van der Waals surface area (Å²) in [5, 5.41) is 18.0. The molecule has 348 valence electrons. The highest BCUT2D eigenvalue weighted by Gasteiger charge is 2.44. The molecule has 14 heteroatoms. The van der Waals surface area contributed by atoms with Gasteiger partial charge in [0.15, 0.2) is 0 Å². The molecule has 2 aliphatic rings. The molecular formula is C52H59F3N6O4S. The molecule has 2 aromatic heterocycles. The number of aliphatic hydroxyl groups excluding tert-OH is 1. The van der Waals surface area contributed by atoms with E-state index in [1.54, 1.807) is 11.3 Å².